The molecule has 0 amide bonds. The molecule has 0 aliphatic heterocycles. The van der Waals surface area contributed by atoms with E-state index in [-0.39, 0.29) is 6.04 Å². The van der Waals surface area contributed by atoms with Gasteiger partial charge in [-0.1, -0.05) is 37.8 Å². The Morgan fingerprint density at radius 1 is 1.29 bits per heavy atom. The topological polar surface area (TPSA) is 35.2 Å². The monoisotopic (exact) mass is 309 g/mol. The lowest BCUT2D eigenvalue weighted by atomic mass is 9.82. The van der Waals surface area contributed by atoms with E-state index in [1.165, 1.54) is 43.2 Å². The van der Waals surface area contributed by atoms with Gasteiger partial charge in [0.25, 0.3) is 0 Å². The van der Waals surface area contributed by atoms with Crippen molar-refractivity contribution < 1.29 is 4.74 Å². The number of ether oxygens (including phenoxy) is 1. The number of rotatable bonds is 6. The quantitative estimate of drug-likeness (QED) is 0.796. The fourth-order valence-corrected chi connectivity index (χ4v) is 3.52. The van der Waals surface area contributed by atoms with Crippen molar-refractivity contribution in [3.63, 3.8) is 0 Å². The predicted octanol–water partition coefficient (Wildman–Crippen LogP) is 5.07. The molecule has 0 heterocycles. The molecule has 2 nitrogen and oxygen atoms in total. The normalized spacial score (nSPS) is 17.7. The van der Waals surface area contributed by atoms with Crippen LogP contribution in [0.2, 0.25) is 5.02 Å². The van der Waals surface area contributed by atoms with Crippen LogP contribution in [0.4, 0.5) is 0 Å². The molecule has 21 heavy (non-hydrogen) atoms. The van der Waals surface area contributed by atoms with Crippen LogP contribution in [0.1, 0.15) is 69.4 Å². The molecule has 1 unspecified atom stereocenters. The van der Waals surface area contributed by atoms with Crippen molar-refractivity contribution in [3.8, 4) is 5.75 Å². The molecule has 0 spiro atoms. The van der Waals surface area contributed by atoms with Gasteiger partial charge in [-0.15, -0.1) is 0 Å². The maximum atomic E-state index is 6.36. The molecular weight excluding hydrogens is 282 g/mol. The average Bonchev–Trinajstić information content (AvgIpc) is 2.46. The van der Waals surface area contributed by atoms with E-state index in [0.717, 1.165) is 30.2 Å². The average molecular weight is 310 g/mol. The lowest BCUT2D eigenvalue weighted by molar-refractivity contribution is 0.304. The second-order valence-electron chi connectivity index (χ2n) is 6.35. The number of benzene rings is 1. The Kier molecular flexibility index (Phi) is 6.38. The van der Waals surface area contributed by atoms with Crippen LogP contribution in [-0.2, 0) is 6.42 Å². The van der Waals surface area contributed by atoms with Gasteiger partial charge in [-0.2, -0.15) is 0 Å². The fraction of sp³-hybridized carbons (Fsp3) is 0.667. The van der Waals surface area contributed by atoms with E-state index in [9.17, 15) is 0 Å². The summed E-state index contributed by atoms with van der Waals surface area (Å²) in [4.78, 5) is 0. The zero-order valence-corrected chi connectivity index (χ0v) is 14.1. The van der Waals surface area contributed by atoms with Gasteiger partial charge in [-0.05, 0) is 61.8 Å². The van der Waals surface area contributed by atoms with Gasteiger partial charge in [0.1, 0.15) is 5.75 Å². The summed E-state index contributed by atoms with van der Waals surface area (Å²) in [6.45, 7) is 4.93. The van der Waals surface area contributed by atoms with Gasteiger partial charge in [0, 0.05) is 11.1 Å². The summed E-state index contributed by atoms with van der Waals surface area (Å²) in [5.41, 5.74) is 8.49. The van der Waals surface area contributed by atoms with Crippen LogP contribution >= 0.6 is 11.6 Å². The molecule has 118 valence electrons. The van der Waals surface area contributed by atoms with Gasteiger partial charge in [0.05, 0.1) is 6.61 Å². The van der Waals surface area contributed by atoms with E-state index >= 15 is 0 Å². The zero-order chi connectivity index (χ0) is 15.2. The van der Waals surface area contributed by atoms with E-state index in [4.69, 9.17) is 22.1 Å². The minimum absolute atomic E-state index is 0.117. The summed E-state index contributed by atoms with van der Waals surface area (Å²) in [5.74, 6) is 1.65. The Balaban J connectivity index is 2.36. The Morgan fingerprint density at radius 3 is 2.62 bits per heavy atom. The van der Waals surface area contributed by atoms with Crippen molar-refractivity contribution in [1.82, 2.24) is 0 Å². The Labute approximate surface area is 134 Å². The molecule has 1 atom stereocenters. The summed E-state index contributed by atoms with van der Waals surface area (Å²) in [6.07, 6.45) is 8.32. The first-order chi connectivity index (χ1) is 10.1. The highest BCUT2D eigenvalue weighted by Gasteiger charge is 2.22. The number of nitrogens with two attached hydrogens (primary N) is 1. The lowest BCUT2D eigenvalue weighted by Gasteiger charge is -2.26. The first kappa shape index (κ1) is 16.6. The van der Waals surface area contributed by atoms with Crippen molar-refractivity contribution in [1.29, 1.82) is 0 Å². The molecule has 1 aliphatic rings. The van der Waals surface area contributed by atoms with Crippen LogP contribution in [0.3, 0.4) is 0 Å². The molecule has 1 aromatic carbocycles. The molecule has 3 heteroatoms. The molecule has 2 N–H and O–H groups in total. The number of hydrogen-bond donors (Lipinski definition) is 1. The number of halogens is 1. The summed E-state index contributed by atoms with van der Waals surface area (Å²) in [5, 5.41) is 0.815. The fourth-order valence-electron chi connectivity index (χ4n) is 3.27. The van der Waals surface area contributed by atoms with Crippen molar-refractivity contribution in [2.75, 3.05) is 6.61 Å². The molecule has 1 saturated carbocycles. The van der Waals surface area contributed by atoms with Gasteiger partial charge in [-0.3, -0.25) is 0 Å². The van der Waals surface area contributed by atoms with Gasteiger partial charge >= 0.3 is 0 Å². The van der Waals surface area contributed by atoms with Crippen molar-refractivity contribution in [2.24, 2.45) is 5.73 Å². The molecule has 2 rings (SSSR count). The van der Waals surface area contributed by atoms with Crippen molar-refractivity contribution in [2.45, 2.75) is 70.8 Å². The van der Waals surface area contributed by atoms with Gasteiger partial charge in [0.2, 0.25) is 0 Å². The van der Waals surface area contributed by atoms with Gasteiger partial charge in [0.15, 0.2) is 0 Å². The molecule has 1 fully saturated rings. The summed E-state index contributed by atoms with van der Waals surface area (Å²) in [6, 6.07) is 4.27. The van der Waals surface area contributed by atoms with E-state index in [1.807, 2.05) is 13.0 Å². The number of hydrogen-bond acceptors (Lipinski definition) is 2. The largest absolute Gasteiger partial charge is 0.493 e. The second-order valence-corrected chi connectivity index (χ2v) is 6.78. The Morgan fingerprint density at radius 2 is 2.00 bits per heavy atom. The van der Waals surface area contributed by atoms with E-state index in [0.29, 0.717) is 5.92 Å². The molecule has 0 bridgehead atoms. The summed E-state index contributed by atoms with van der Waals surface area (Å²) >= 11 is 6.36. The van der Waals surface area contributed by atoms with E-state index in [2.05, 4.69) is 13.0 Å². The van der Waals surface area contributed by atoms with Crippen LogP contribution in [0.25, 0.3) is 0 Å². The first-order valence-corrected chi connectivity index (χ1v) is 8.70. The van der Waals surface area contributed by atoms with Gasteiger partial charge < -0.3 is 10.5 Å². The van der Waals surface area contributed by atoms with Crippen LogP contribution < -0.4 is 10.5 Å². The molecule has 0 aromatic heterocycles. The second kappa shape index (κ2) is 8.05. The zero-order valence-electron chi connectivity index (χ0n) is 13.3. The minimum atomic E-state index is 0.117. The molecule has 0 saturated heterocycles. The Bertz CT molecular complexity index is 453. The summed E-state index contributed by atoms with van der Waals surface area (Å²) < 4.78 is 6.11. The maximum absolute atomic E-state index is 6.36. The predicted molar refractivity (Wildman–Crippen MR) is 90.4 cm³/mol. The molecule has 1 aliphatic carbocycles. The SMILES string of the molecule is CCCOc1c(CC(C)N)cc(Cl)cc1C1CCCCC1. The highest BCUT2D eigenvalue weighted by Crippen LogP contribution is 2.41. The minimum Gasteiger partial charge on any atom is -0.493 e. The van der Waals surface area contributed by atoms with Crippen LogP contribution in [-0.4, -0.2) is 12.6 Å². The third kappa shape index (κ3) is 4.62. The molecular formula is C18H28ClNO. The highest BCUT2D eigenvalue weighted by atomic mass is 35.5. The third-order valence-electron chi connectivity index (χ3n) is 4.20. The molecule has 0 radical (unpaired) electrons. The first-order valence-electron chi connectivity index (χ1n) is 8.32. The third-order valence-corrected chi connectivity index (χ3v) is 4.41. The van der Waals surface area contributed by atoms with Gasteiger partial charge in [-0.25, -0.2) is 0 Å². The molecule has 1 aromatic rings. The summed E-state index contributed by atoms with van der Waals surface area (Å²) in [7, 11) is 0. The highest BCUT2D eigenvalue weighted by molar-refractivity contribution is 6.30. The van der Waals surface area contributed by atoms with E-state index in [1.54, 1.807) is 0 Å². The van der Waals surface area contributed by atoms with Crippen molar-refractivity contribution in [3.05, 3.63) is 28.3 Å². The van der Waals surface area contributed by atoms with Crippen LogP contribution in [0, 0.1) is 0 Å². The smallest absolute Gasteiger partial charge is 0.126 e. The lowest BCUT2D eigenvalue weighted by Crippen LogP contribution is -2.19. The van der Waals surface area contributed by atoms with E-state index < -0.39 is 0 Å². The maximum Gasteiger partial charge on any atom is 0.126 e. The van der Waals surface area contributed by atoms with Crippen LogP contribution in [0.5, 0.6) is 5.75 Å². The standard InChI is InChI=1S/C18H28ClNO/c1-3-9-21-18-15(10-13(2)20)11-16(19)12-17(18)14-7-5-4-6-8-14/h11-14H,3-10,20H2,1-2H3. The van der Waals surface area contributed by atoms with Crippen LogP contribution in [0.15, 0.2) is 12.1 Å². The van der Waals surface area contributed by atoms with Crippen molar-refractivity contribution >= 4 is 11.6 Å². The Hall–Kier alpha value is -0.730.